The van der Waals surface area contributed by atoms with Crippen molar-refractivity contribution >= 4 is 22.4 Å². The van der Waals surface area contributed by atoms with Crippen molar-refractivity contribution in [3.63, 3.8) is 0 Å². The van der Waals surface area contributed by atoms with Gasteiger partial charge in [-0.15, -0.1) is 11.3 Å². The molecule has 0 fully saturated rings. The summed E-state index contributed by atoms with van der Waals surface area (Å²) in [7, 11) is 1.50. The second kappa shape index (κ2) is 4.34. The summed E-state index contributed by atoms with van der Waals surface area (Å²) in [6, 6.07) is 0. The predicted octanol–water partition coefficient (Wildman–Crippen LogP) is 1.42. The van der Waals surface area contributed by atoms with Gasteiger partial charge in [-0.2, -0.15) is 0 Å². The molecule has 1 heterocycles. The molecule has 1 aromatic rings. The van der Waals surface area contributed by atoms with Crippen LogP contribution in [0.3, 0.4) is 0 Å². The lowest BCUT2D eigenvalue weighted by Gasteiger charge is -2.07. The monoisotopic (exact) mass is 200 g/mol. The van der Waals surface area contributed by atoms with Crippen molar-refractivity contribution in [2.45, 2.75) is 20.0 Å². The van der Waals surface area contributed by atoms with E-state index in [9.17, 15) is 4.79 Å². The van der Waals surface area contributed by atoms with Gasteiger partial charge < -0.3 is 4.74 Å². The maximum absolute atomic E-state index is 11.3. The van der Waals surface area contributed by atoms with E-state index in [-0.39, 0.29) is 5.91 Å². The Hall–Kier alpha value is -0.940. The predicted molar refractivity (Wildman–Crippen MR) is 52.0 cm³/mol. The van der Waals surface area contributed by atoms with E-state index in [0.717, 1.165) is 4.88 Å². The summed E-state index contributed by atoms with van der Waals surface area (Å²) in [5.74, 6) is -0.170. The number of thiazole rings is 1. The lowest BCUT2D eigenvalue weighted by atomic mass is 10.4. The summed E-state index contributed by atoms with van der Waals surface area (Å²) >= 11 is 1.45. The summed E-state index contributed by atoms with van der Waals surface area (Å²) in [6.45, 7) is 3.63. The zero-order valence-electron chi connectivity index (χ0n) is 7.83. The van der Waals surface area contributed by atoms with Crippen molar-refractivity contribution in [1.29, 1.82) is 0 Å². The summed E-state index contributed by atoms with van der Waals surface area (Å²) in [5.41, 5.74) is 0. The van der Waals surface area contributed by atoms with Crippen LogP contribution in [0.25, 0.3) is 0 Å². The standard InChI is InChI=1S/C8H12N2O2S/c1-5-4-9-8(13-5)10-7(11)6(2)12-3/h4,6H,1-3H3,(H,9,10,11). The Morgan fingerprint density at radius 1 is 1.77 bits per heavy atom. The largest absolute Gasteiger partial charge is 0.372 e. The minimum absolute atomic E-state index is 0.170. The molecule has 1 rings (SSSR count). The van der Waals surface area contributed by atoms with Crippen molar-refractivity contribution in [2.24, 2.45) is 0 Å². The molecule has 5 heteroatoms. The van der Waals surface area contributed by atoms with Crippen LogP contribution < -0.4 is 5.32 Å². The van der Waals surface area contributed by atoms with Crippen molar-refractivity contribution in [3.8, 4) is 0 Å². The Balaban J connectivity index is 2.54. The number of hydrogen-bond donors (Lipinski definition) is 1. The molecule has 0 saturated heterocycles. The van der Waals surface area contributed by atoms with Gasteiger partial charge in [0, 0.05) is 18.2 Å². The molecule has 1 aromatic heterocycles. The van der Waals surface area contributed by atoms with Crippen LogP contribution in [0, 0.1) is 6.92 Å². The van der Waals surface area contributed by atoms with Gasteiger partial charge in [0.15, 0.2) is 5.13 Å². The Morgan fingerprint density at radius 3 is 2.92 bits per heavy atom. The molecule has 1 amide bonds. The van der Waals surface area contributed by atoms with Crippen LogP contribution in [-0.2, 0) is 9.53 Å². The summed E-state index contributed by atoms with van der Waals surface area (Å²) < 4.78 is 4.86. The number of carbonyl (C=O) groups is 1. The average molecular weight is 200 g/mol. The molecule has 0 saturated carbocycles. The van der Waals surface area contributed by atoms with E-state index in [1.807, 2.05) is 6.92 Å². The van der Waals surface area contributed by atoms with Crippen LogP contribution in [0.1, 0.15) is 11.8 Å². The molecule has 0 radical (unpaired) electrons. The number of anilines is 1. The molecule has 0 aliphatic heterocycles. The second-order valence-corrected chi connectivity index (χ2v) is 3.88. The van der Waals surface area contributed by atoms with Gasteiger partial charge in [0.05, 0.1) is 0 Å². The molecular formula is C8H12N2O2S. The quantitative estimate of drug-likeness (QED) is 0.803. The Bertz CT molecular complexity index is 298. The fraction of sp³-hybridized carbons (Fsp3) is 0.500. The highest BCUT2D eigenvalue weighted by molar-refractivity contribution is 7.15. The highest BCUT2D eigenvalue weighted by Crippen LogP contribution is 2.16. The second-order valence-electron chi connectivity index (χ2n) is 2.64. The van der Waals surface area contributed by atoms with Gasteiger partial charge in [-0.25, -0.2) is 4.98 Å². The van der Waals surface area contributed by atoms with E-state index < -0.39 is 6.10 Å². The highest BCUT2D eigenvalue weighted by Gasteiger charge is 2.12. The minimum atomic E-state index is -0.441. The Morgan fingerprint density at radius 2 is 2.46 bits per heavy atom. The third kappa shape index (κ3) is 2.78. The topological polar surface area (TPSA) is 51.2 Å². The van der Waals surface area contributed by atoms with Crippen LogP contribution in [0.2, 0.25) is 0 Å². The smallest absolute Gasteiger partial charge is 0.254 e. The first-order valence-corrected chi connectivity index (χ1v) is 4.71. The van der Waals surface area contributed by atoms with Crippen molar-refractivity contribution in [2.75, 3.05) is 12.4 Å². The van der Waals surface area contributed by atoms with Gasteiger partial charge in [0.25, 0.3) is 5.91 Å². The zero-order valence-corrected chi connectivity index (χ0v) is 8.64. The van der Waals surface area contributed by atoms with Gasteiger partial charge in [-0.1, -0.05) is 0 Å². The summed E-state index contributed by atoms with van der Waals surface area (Å²) in [4.78, 5) is 16.4. The lowest BCUT2D eigenvalue weighted by molar-refractivity contribution is -0.124. The van der Waals surface area contributed by atoms with Gasteiger partial charge in [0.2, 0.25) is 0 Å². The van der Waals surface area contributed by atoms with Crippen LogP contribution in [-0.4, -0.2) is 24.1 Å². The number of nitrogens with zero attached hydrogens (tertiary/aromatic N) is 1. The maximum Gasteiger partial charge on any atom is 0.254 e. The molecule has 0 aromatic carbocycles. The Labute approximate surface area is 80.9 Å². The first kappa shape index (κ1) is 10.1. The minimum Gasteiger partial charge on any atom is -0.372 e. The molecule has 0 aliphatic carbocycles. The first-order valence-electron chi connectivity index (χ1n) is 3.89. The average Bonchev–Trinajstić information content (AvgIpc) is 2.49. The van der Waals surface area contributed by atoms with Crippen LogP contribution in [0.15, 0.2) is 6.20 Å². The van der Waals surface area contributed by atoms with Crippen LogP contribution in [0.4, 0.5) is 5.13 Å². The van der Waals surface area contributed by atoms with E-state index in [4.69, 9.17) is 4.74 Å². The fourth-order valence-corrected chi connectivity index (χ4v) is 1.39. The molecule has 1 N–H and O–H groups in total. The third-order valence-corrected chi connectivity index (χ3v) is 2.40. The van der Waals surface area contributed by atoms with E-state index in [0.29, 0.717) is 5.13 Å². The number of hydrogen-bond acceptors (Lipinski definition) is 4. The van der Waals surface area contributed by atoms with E-state index in [1.54, 1.807) is 13.1 Å². The molecule has 13 heavy (non-hydrogen) atoms. The van der Waals surface area contributed by atoms with Gasteiger partial charge in [-0.05, 0) is 13.8 Å². The number of aryl methyl sites for hydroxylation is 1. The molecule has 0 aliphatic rings. The fourth-order valence-electron chi connectivity index (χ4n) is 0.727. The molecule has 1 unspecified atom stereocenters. The molecule has 0 spiro atoms. The first-order chi connectivity index (χ1) is 6.13. The van der Waals surface area contributed by atoms with E-state index in [2.05, 4.69) is 10.3 Å². The van der Waals surface area contributed by atoms with Crippen LogP contribution >= 0.6 is 11.3 Å². The van der Waals surface area contributed by atoms with Gasteiger partial charge in [0.1, 0.15) is 6.10 Å². The van der Waals surface area contributed by atoms with Crippen molar-refractivity contribution < 1.29 is 9.53 Å². The van der Waals surface area contributed by atoms with Gasteiger partial charge in [-0.3, -0.25) is 10.1 Å². The Kier molecular flexibility index (Phi) is 3.39. The molecule has 72 valence electrons. The summed E-state index contributed by atoms with van der Waals surface area (Å²) in [5, 5.41) is 3.27. The SMILES string of the molecule is COC(C)C(=O)Nc1ncc(C)s1. The number of amides is 1. The number of methoxy groups -OCH3 is 1. The zero-order chi connectivity index (χ0) is 9.84. The van der Waals surface area contributed by atoms with Crippen molar-refractivity contribution in [3.05, 3.63) is 11.1 Å². The highest BCUT2D eigenvalue weighted by atomic mass is 32.1. The number of ether oxygens (including phenoxy) is 1. The number of aromatic nitrogens is 1. The van der Waals surface area contributed by atoms with E-state index in [1.165, 1.54) is 18.4 Å². The number of carbonyl (C=O) groups excluding carboxylic acids is 1. The summed E-state index contributed by atoms with van der Waals surface area (Å²) in [6.07, 6.45) is 1.28. The molecule has 1 atom stereocenters. The number of nitrogens with one attached hydrogen (secondary N) is 1. The van der Waals surface area contributed by atoms with Gasteiger partial charge >= 0.3 is 0 Å². The normalized spacial score (nSPS) is 12.5. The molecule has 0 bridgehead atoms. The molecule has 4 nitrogen and oxygen atoms in total. The number of rotatable bonds is 3. The van der Waals surface area contributed by atoms with E-state index >= 15 is 0 Å². The van der Waals surface area contributed by atoms with Crippen molar-refractivity contribution in [1.82, 2.24) is 4.98 Å². The van der Waals surface area contributed by atoms with Crippen LogP contribution in [0.5, 0.6) is 0 Å². The third-order valence-electron chi connectivity index (χ3n) is 1.57. The maximum atomic E-state index is 11.3. The molecular weight excluding hydrogens is 188 g/mol. The lowest BCUT2D eigenvalue weighted by Crippen LogP contribution is -2.26.